The van der Waals surface area contributed by atoms with E-state index in [1.807, 2.05) is 0 Å². The minimum atomic E-state index is -0.0412. The topological polar surface area (TPSA) is 51.3 Å². The molecule has 0 unspecified atom stereocenters. The molecule has 0 aromatic carbocycles. The first-order chi connectivity index (χ1) is 12.3. The molecule has 5 heteroatoms. The number of hydrogen-bond acceptors (Lipinski definition) is 5. The lowest BCUT2D eigenvalue weighted by atomic mass is 9.53. The lowest BCUT2D eigenvalue weighted by Crippen LogP contribution is -2.55. The summed E-state index contributed by atoms with van der Waals surface area (Å²) in [6.45, 7) is 11.6. The van der Waals surface area contributed by atoms with Gasteiger partial charge >= 0.3 is 5.97 Å². The Kier molecular flexibility index (Phi) is 3.81. The first-order valence-corrected chi connectivity index (χ1v) is 10.6. The molecule has 26 heavy (non-hydrogen) atoms. The van der Waals surface area contributed by atoms with Gasteiger partial charge in [0.1, 0.15) is 11.7 Å². The maximum absolute atomic E-state index is 12.8. The van der Waals surface area contributed by atoms with Crippen LogP contribution in [-0.4, -0.2) is 60.5 Å². The zero-order valence-corrected chi connectivity index (χ0v) is 16.6. The largest absolute Gasteiger partial charge is 0.462 e. The second kappa shape index (κ2) is 5.68. The van der Waals surface area contributed by atoms with Crippen molar-refractivity contribution < 1.29 is 19.0 Å². The van der Waals surface area contributed by atoms with Gasteiger partial charge in [-0.3, -0.25) is 9.69 Å². The van der Waals surface area contributed by atoms with Crippen LogP contribution in [0.15, 0.2) is 0 Å². The van der Waals surface area contributed by atoms with E-state index in [9.17, 15) is 4.79 Å². The molecule has 5 rings (SSSR count). The van der Waals surface area contributed by atoms with Crippen molar-refractivity contribution in [3.8, 4) is 0 Å². The van der Waals surface area contributed by atoms with Crippen LogP contribution in [0.5, 0.6) is 0 Å². The third-order valence-electron chi connectivity index (χ3n) is 8.14. The van der Waals surface area contributed by atoms with Gasteiger partial charge in [-0.1, -0.05) is 20.3 Å². The molecular weight excluding hydrogens is 330 g/mol. The number of ether oxygens (including phenoxy) is 3. The lowest BCUT2D eigenvalue weighted by Gasteiger charge is -2.49. The van der Waals surface area contributed by atoms with Crippen molar-refractivity contribution in [1.82, 2.24) is 4.90 Å². The number of fused-ring (bicyclic) bond motifs is 2. The van der Waals surface area contributed by atoms with Gasteiger partial charge in [-0.05, 0) is 39.0 Å². The van der Waals surface area contributed by atoms with Crippen LogP contribution < -0.4 is 0 Å². The van der Waals surface area contributed by atoms with Crippen LogP contribution >= 0.6 is 0 Å². The maximum atomic E-state index is 12.8. The highest BCUT2D eigenvalue weighted by Gasteiger charge is 2.78. The van der Waals surface area contributed by atoms with Gasteiger partial charge in [0.25, 0.3) is 0 Å². The summed E-state index contributed by atoms with van der Waals surface area (Å²) in [6, 6.07) is 0. The van der Waals surface area contributed by atoms with Gasteiger partial charge in [-0.2, -0.15) is 0 Å². The standard InChI is InChI=1S/C21H33NO4/c1-12-6-5-7-20(4)8-16-17(18-21(12,20)26-18)15(19(23)25-16)11-22-9-13(2)24-14(3)10-22/h12-18H,5-11H2,1-4H3/t12-,13-,14+,15-,16+,17+,18+,20+,21+/m0/s1. The molecule has 2 aliphatic carbocycles. The van der Waals surface area contributed by atoms with Gasteiger partial charge in [0.2, 0.25) is 0 Å². The van der Waals surface area contributed by atoms with Crippen molar-refractivity contribution in [2.24, 2.45) is 23.2 Å². The van der Waals surface area contributed by atoms with E-state index in [0.717, 1.165) is 26.1 Å². The fraction of sp³-hybridized carbons (Fsp3) is 0.952. The van der Waals surface area contributed by atoms with Crippen LogP contribution in [-0.2, 0) is 19.0 Å². The number of carbonyl (C=O) groups excluding carboxylic acids is 1. The highest BCUT2D eigenvalue weighted by atomic mass is 16.6. The highest BCUT2D eigenvalue weighted by molar-refractivity contribution is 5.76. The summed E-state index contributed by atoms with van der Waals surface area (Å²) in [5.74, 6) is 0.796. The number of esters is 1. The zero-order chi connectivity index (χ0) is 18.3. The van der Waals surface area contributed by atoms with Gasteiger partial charge in [0, 0.05) is 31.0 Å². The summed E-state index contributed by atoms with van der Waals surface area (Å²) in [6.07, 6.45) is 5.43. The third kappa shape index (κ3) is 2.29. The van der Waals surface area contributed by atoms with E-state index in [1.54, 1.807) is 0 Å². The minimum Gasteiger partial charge on any atom is -0.462 e. The van der Waals surface area contributed by atoms with E-state index in [2.05, 4.69) is 32.6 Å². The van der Waals surface area contributed by atoms with Crippen LogP contribution in [0.4, 0.5) is 0 Å². The van der Waals surface area contributed by atoms with Gasteiger partial charge < -0.3 is 14.2 Å². The zero-order valence-electron chi connectivity index (χ0n) is 16.6. The Morgan fingerprint density at radius 1 is 1.19 bits per heavy atom. The van der Waals surface area contributed by atoms with Gasteiger partial charge in [0.15, 0.2) is 0 Å². The number of hydrogen-bond donors (Lipinski definition) is 0. The Morgan fingerprint density at radius 3 is 2.65 bits per heavy atom. The van der Waals surface area contributed by atoms with Crippen LogP contribution in [0.1, 0.15) is 53.4 Å². The molecule has 5 aliphatic rings. The summed E-state index contributed by atoms with van der Waals surface area (Å²) >= 11 is 0. The second-order valence-corrected chi connectivity index (χ2v) is 10.0. The first-order valence-electron chi connectivity index (χ1n) is 10.6. The Hall–Kier alpha value is -0.650. The van der Waals surface area contributed by atoms with Gasteiger partial charge in [-0.15, -0.1) is 0 Å². The molecule has 0 N–H and O–H groups in total. The molecule has 5 fully saturated rings. The van der Waals surface area contributed by atoms with Gasteiger partial charge in [-0.25, -0.2) is 0 Å². The molecule has 0 aromatic rings. The summed E-state index contributed by atoms with van der Waals surface area (Å²) < 4.78 is 18.3. The summed E-state index contributed by atoms with van der Waals surface area (Å²) in [5.41, 5.74) is 0.178. The van der Waals surface area contributed by atoms with E-state index in [-0.39, 0.29) is 53.2 Å². The Bertz CT molecular complexity index is 601. The van der Waals surface area contributed by atoms with Crippen LogP contribution in [0.25, 0.3) is 0 Å². The minimum absolute atomic E-state index is 0.00421. The Balaban J connectivity index is 1.38. The van der Waals surface area contributed by atoms with Crippen molar-refractivity contribution in [3.63, 3.8) is 0 Å². The van der Waals surface area contributed by atoms with Crippen LogP contribution in [0.2, 0.25) is 0 Å². The Morgan fingerprint density at radius 2 is 1.92 bits per heavy atom. The van der Waals surface area contributed by atoms with E-state index >= 15 is 0 Å². The smallest absolute Gasteiger partial charge is 0.311 e. The van der Waals surface area contributed by atoms with E-state index in [1.165, 1.54) is 19.3 Å². The summed E-state index contributed by atoms with van der Waals surface area (Å²) in [5, 5.41) is 0. The molecule has 0 bridgehead atoms. The molecule has 3 saturated heterocycles. The van der Waals surface area contributed by atoms with Gasteiger partial charge in [0.05, 0.1) is 24.2 Å². The third-order valence-corrected chi connectivity index (χ3v) is 8.14. The molecule has 5 nitrogen and oxygen atoms in total. The molecule has 3 heterocycles. The van der Waals surface area contributed by atoms with Crippen LogP contribution in [0.3, 0.4) is 0 Å². The molecule has 2 saturated carbocycles. The fourth-order valence-corrected chi connectivity index (χ4v) is 7.15. The number of rotatable bonds is 2. The molecule has 0 amide bonds. The quantitative estimate of drug-likeness (QED) is 0.558. The van der Waals surface area contributed by atoms with Crippen molar-refractivity contribution in [1.29, 1.82) is 0 Å². The van der Waals surface area contributed by atoms with Crippen molar-refractivity contribution in [2.45, 2.75) is 83.4 Å². The number of epoxide rings is 1. The summed E-state index contributed by atoms with van der Waals surface area (Å²) in [7, 11) is 0. The molecule has 146 valence electrons. The monoisotopic (exact) mass is 363 g/mol. The Labute approximate surface area is 156 Å². The van der Waals surface area contributed by atoms with Crippen molar-refractivity contribution in [3.05, 3.63) is 0 Å². The average molecular weight is 363 g/mol. The predicted octanol–water partition coefficient (Wildman–Crippen LogP) is 2.62. The molecule has 0 radical (unpaired) electrons. The number of nitrogens with zero attached hydrogens (tertiary/aromatic N) is 1. The second-order valence-electron chi connectivity index (χ2n) is 10.0. The molecule has 0 aromatic heterocycles. The molecule has 3 aliphatic heterocycles. The highest BCUT2D eigenvalue weighted by Crippen LogP contribution is 2.70. The average Bonchev–Trinajstić information content (AvgIpc) is 3.22. The van der Waals surface area contributed by atoms with Crippen LogP contribution in [0, 0.1) is 23.2 Å². The lowest BCUT2D eigenvalue weighted by molar-refractivity contribution is -0.147. The van der Waals surface area contributed by atoms with Crippen molar-refractivity contribution in [2.75, 3.05) is 19.6 Å². The SMILES string of the molecule is C[C@@H]1CN(C[C@@H]2C(=O)O[C@@H]3C[C@@]4(C)CCC[C@H](C)[C@]45O[C@@H]5[C@H]23)C[C@H](C)O1. The maximum Gasteiger partial charge on any atom is 0.311 e. The van der Waals surface area contributed by atoms with Crippen molar-refractivity contribution >= 4 is 5.97 Å². The molecule has 9 atom stereocenters. The summed E-state index contributed by atoms with van der Waals surface area (Å²) in [4.78, 5) is 15.2. The fourth-order valence-electron chi connectivity index (χ4n) is 7.15. The molecule has 1 spiro atoms. The van der Waals surface area contributed by atoms with E-state index in [4.69, 9.17) is 14.2 Å². The van der Waals surface area contributed by atoms with E-state index < -0.39 is 0 Å². The number of carbonyl (C=O) groups is 1. The predicted molar refractivity (Wildman–Crippen MR) is 96.7 cm³/mol. The molecular formula is C21H33NO4. The number of morpholine rings is 1. The first kappa shape index (κ1) is 17.4. The van der Waals surface area contributed by atoms with E-state index in [0.29, 0.717) is 5.92 Å². The normalized spacial score (nSPS) is 56.3.